The smallest absolute Gasteiger partial charge is 0.256 e. The van der Waals surface area contributed by atoms with E-state index in [1.807, 2.05) is 0 Å². The number of rotatable bonds is 8. The molecule has 158 valence electrons. The molecule has 1 aromatic heterocycles. The summed E-state index contributed by atoms with van der Waals surface area (Å²) in [6.45, 7) is 6.70. The minimum absolute atomic E-state index is 0.0844. The summed E-state index contributed by atoms with van der Waals surface area (Å²) in [5, 5.41) is 1.16. The van der Waals surface area contributed by atoms with Gasteiger partial charge >= 0.3 is 0 Å². The van der Waals surface area contributed by atoms with Gasteiger partial charge in [-0.25, -0.2) is 4.98 Å². The second-order valence-corrected chi connectivity index (χ2v) is 8.15. The van der Waals surface area contributed by atoms with Crippen molar-refractivity contribution in [2.24, 2.45) is 0 Å². The molecule has 2 aromatic rings. The summed E-state index contributed by atoms with van der Waals surface area (Å²) >= 11 is 7.46. The van der Waals surface area contributed by atoms with Crippen LogP contribution in [0.5, 0.6) is 5.75 Å². The van der Waals surface area contributed by atoms with Crippen molar-refractivity contribution >= 4 is 35.1 Å². The molecule has 0 radical (unpaired) electrons. The maximum Gasteiger partial charge on any atom is 0.256 e. The Hall–Kier alpha value is -2.35. The first-order valence-electron chi connectivity index (χ1n) is 9.52. The number of ketones is 1. The predicted octanol–water partition coefficient (Wildman–Crippen LogP) is 4.14. The number of hydrogen-bond donors (Lipinski definition) is 0. The molecule has 1 aliphatic rings. The number of carbonyl (C=O) groups excluding carboxylic acids is 2. The number of ether oxygens (including phenoxy) is 2. The highest BCUT2D eigenvalue weighted by Gasteiger charge is 2.27. The summed E-state index contributed by atoms with van der Waals surface area (Å²) in [4.78, 5) is 31.0. The molecule has 0 N–H and O–H groups in total. The van der Waals surface area contributed by atoms with Gasteiger partial charge in [0.25, 0.3) is 5.91 Å². The third-order valence-electron chi connectivity index (χ3n) is 4.51. The van der Waals surface area contributed by atoms with Gasteiger partial charge in [0.05, 0.1) is 24.3 Å². The van der Waals surface area contributed by atoms with Gasteiger partial charge in [0.15, 0.2) is 5.78 Å². The van der Waals surface area contributed by atoms with E-state index >= 15 is 0 Å². The summed E-state index contributed by atoms with van der Waals surface area (Å²) < 4.78 is 11.6. The number of nitrogens with zero attached hydrogens (tertiary/aromatic N) is 2. The van der Waals surface area contributed by atoms with Crippen LogP contribution in [0.4, 0.5) is 0 Å². The number of benzene rings is 1. The van der Waals surface area contributed by atoms with E-state index in [9.17, 15) is 9.59 Å². The van der Waals surface area contributed by atoms with Gasteiger partial charge in [-0.2, -0.15) is 0 Å². The van der Waals surface area contributed by atoms with Crippen LogP contribution in [-0.2, 0) is 4.74 Å². The molecule has 1 unspecified atom stereocenters. The maximum absolute atomic E-state index is 13.1. The molecule has 3 rings (SSSR count). The number of amides is 1. The first-order chi connectivity index (χ1) is 14.5. The number of hydrogen-bond acceptors (Lipinski definition) is 6. The molecule has 0 bridgehead atoms. The van der Waals surface area contributed by atoms with Crippen molar-refractivity contribution < 1.29 is 19.1 Å². The molecule has 1 aromatic carbocycles. The average Bonchev–Trinajstić information content (AvgIpc) is 2.76. The lowest BCUT2D eigenvalue weighted by molar-refractivity contribution is -0.0402. The summed E-state index contributed by atoms with van der Waals surface area (Å²) in [5.74, 6) is 0.916. The fourth-order valence-corrected chi connectivity index (χ4v) is 3.96. The van der Waals surface area contributed by atoms with E-state index in [-0.39, 0.29) is 24.4 Å². The highest BCUT2D eigenvalue weighted by Crippen LogP contribution is 2.25. The Morgan fingerprint density at radius 1 is 1.40 bits per heavy atom. The number of Topliss-reactive ketones (excluding diaryl/α,β-unsaturated/α-hetero) is 1. The van der Waals surface area contributed by atoms with Crippen LogP contribution >= 0.6 is 23.4 Å². The van der Waals surface area contributed by atoms with Crippen molar-refractivity contribution in [3.05, 3.63) is 65.3 Å². The first-order valence-corrected chi connectivity index (χ1v) is 10.9. The molecule has 30 heavy (non-hydrogen) atoms. The second-order valence-electron chi connectivity index (χ2n) is 6.71. The van der Waals surface area contributed by atoms with Crippen molar-refractivity contribution in [1.82, 2.24) is 9.88 Å². The Balaban J connectivity index is 1.66. The lowest BCUT2D eigenvalue weighted by Crippen LogP contribution is -2.47. The van der Waals surface area contributed by atoms with Gasteiger partial charge in [-0.15, -0.1) is 18.3 Å². The topological polar surface area (TPSA) is 68.7 Å². The number of thioether (sulfide) groups is 1. The van der Waals surface area contributed by atoms with Crippen molar-refractivity contribution in [2.75, 3.05) is 32.1 Å². The normalized spacial score (nSPS) is 16.2. The molecular formula is C22H23ClN2O4S. The largest absolute Gasteiger partial charge is 0.490 e. The van der Waals surface area contributed by atoms with Gasteiger partial charge in [0.2, 0.25) is 0 Å². The number of pyridine rings is 1. The molecule has 0 spiro atoms. The fraction of sp³-hybridized carbons (Fsp3) is 0.318. The van der Waals surface area contributed by atoms with E-state index in [2.05, 4.69) is 11.6 Å². The van der Waals surface area contributed by atoms with Gasteiger partial charge in [-0.3, -0.25) is 9.59 Å². The number of morpholine rings is 1. The Morgan fingerprint density at radius 2 is 2.23 bits per heavy atom. The number of halogens is 1. The van der Waals surface area contributed by atoms with Crippen LogP contribution in [0.2, 0.25) is 5.02 Å². The SMILES string of the molecule is C=CCSc1ncccc1C(=O)N1CCOC(COc2ccc(Cl)cc2C(C)=O)C1. The van der Waals surface area contributed by atoms with Crippen molar-refractivity contribution in [3.8, 4) is 5.75 Å². The summed E-state index contributed by atoms with van der Waals surface area (Å²) in [7, 11) is 0. The van der Waals surface area contributed by atoms with Crippen molar-refractivity contribution in [1.29, 1.82) is 0 Å². The third kappa shape index (κ3) is 5.62. The molecule has 0 saturated carbocycles. The first kappa shape index (κ1) is 22.3. The van der Waals surface area contributed by atoms with Crippen LogP contribution in [0.1, 0.15) is 27.6 Å². The summed E-state index contributed by atoms with van der Waals surface area (Å²) in [6.07, 6.45) is 3.15. The molecule has 1 fully saturated rings. The van der Waals surface area contributed by atoms with Crippen LogP contribution in [-0.4, -0.2) is 59.7 Å². The summed E-state index contributed by atoms with van der Waals surface area (Å²) in [5.41, 5.74) is 0.993. The van der Waals surface area contributed by atoms with E-state index < -0.39 is 0 Å². The molecule has 1 atom stereocenters. The lowest BCUT2D eigenvalue weighted by Gasteiger charge is -2.33. The molecule has 1 saturated heterocycles. The standard InChI is InChI=1S/C22H23ClN2O4S/c1-3-11-30-21-18(5-4-8-24-21)22(27)25-9-10-28-17(13-25)14-29-20-7-6-16(23)12-19(20)15(2)26/h3-8,12,17H,1,9-11,13-14H2,2H3. The Bertz CT molecular complexity index is 937. The Labute approximate surface area is 185 Å². The molecule has 6 nitrogen and oxygen atoms in total. The minimum Gasteiger partial charge on any atom is -0.490 e. The van der Waals surface area contributed by atoms with Gasteiger partial charge < -0.3 is 14.4 Å². The van der Waals surface area contributed by atoms with Gasteiger partial charge in [-0.1, -0.05) is 17.7 Å². The van der Waals surface area contributed by atoms with E-state index in [0.717, 1.165) is 0 Å². The van der Waals surface area contributed by atoms with Crippen LogP contribution in [0, 0.1) is 0 Å². The van der Waals surface area contributed by atoms with E-state index in [1.54, 1.807) is 47.5 Å². The van der Waals surface area contributed by atoms with Gasteiger partial charge in [-0.05, 0) is 37.3 Å². The van der Waals surface area contributed by atoms with Crippen molar-refractivity contribution in [3.63, 3.8) is 0 Å². The highest BCUT2D eigenvalue weighted by atomic mass is 35.5. The van der Waals surface area contributed by atoms with Crippen LogP contribution in [0.3, 0.4) is 0 Å². The molecule has 2 heterocycles. The molecule has 1 amide bonds. The van der Waals surface area contributed by atoms with E-state index in [4.69, 9.17) is 21.1 Å². The zero-order valence-corrected chi connectivity index (χ0v) is 18.2. The molecule has 1 aliphatic heterocycles. The van der Waals surface area contributed by atoms with E-state index in [1.165, 1.54) is 18.7 Å². The number of carbonyl (C=O) groups is 2. The quantitative estimate of drug-likeness (QED) is 0.345. The third-order valence-corrected chi connectivity index (χ3v) is 5.75. The van der Waals surface area contributed by atoms with Crippen LogP contribution < -0.4 is 4.74 Å². The molecule has 0 aliphatic carbocycles. The monoisotopic (exact) mass is 446 g/mol. The molecule has 8 heteroatoms. The van der Waals surface area contributed by atoms with Gasteiger partial charge in [0.1, 0.15) is 23.5 Å². The zero-order valence-electron chi connectivity index (χ0n) is 16.7. The second kappa shape index (κ2) is 10.6. The lowest BCUT2D eigenvalue weighted by atomic mass is 10.1. The predicted molar refractivity (Wildman–Crippen MR) is 118 cm³/mol. The zero-order chi connectivity index (χ0) is 21.5. The van der Waals surface area contributed by atoms with Crippen LogP contribution in [0.15, 0.2) is 54.2 Å². The Kier molecular flexibility index (Phi) is 7.90. The summed E-state index contributed by atoms with van der Waals surface area (Å²) in [6, 6.07) is 8.47. The molecular weight excluding hydrogens is 424 g/mol. The minimum atomic E-state index is -0.306. The van der Waals surface area contributed by atoms with Crippen molar-refractivity contribution in [2.45, 2.75) is 18.1 Å². The number of aromatic nitrogens is 1. The van der Waals surface area contributed by atoms with Crippen LogP contribution in [0.25, 0.3) is 0 Å². The fourth-order valence-electron chi connectivity index (χ4n) is 3.07. The van der Waals surface area contributed by atoms with Gasteiger partial charge in [0, 0.05) is 23.5 Å². The Morgan fingerprint density at radius 3 is 3.00 bits per heavy atom. The highest BCUT2D eigenvalue weighted by molar-refractivity contribution is 7.99. The average molecular weight is 447 g/mol. The maximum atomic E-state index is 13.1. The van der Waals surface area contributed by atoms with E-state index in [0.29, 0.717) is 52.4 Å².